The van der Waals surface area contributed by atoms with E-state index >= 15 is 0 Å². The van der Waals surface area contributed by atoms with Crippen molar-refractivity contribution in [3.05, 3.63) is 66.4 Å². The van der Waals surface area contributed by atoms with Crippen molar-refractivity contribution in [2.75, 3.05) is 32.8 Å². The second-order valence-corrected chi connectivity index (χ2v) is 6.84. The molecule has 0 bridgehead atoms. The predicted octanol–water partition coefficient (Wildman–Crippen LogP) is 2.72. The summed E-state index contributed by atoms with van der Waals surface area (Å²) in [6.45, 7) is 3.68. The average Bonchev–Trinajstić information content (AvgIpc) is 3.43. The second-order valence-electron chi connectivity index (χ2n) is 6.84. The van der Waals surface area contributed by atoms with Gasteiger partial charge in [-0.2, -0.15) is 5.10 Å². The standard InChI is InChI=1S/C21H22FN5O3/c1-2-30-21(29)26-12-10-25(11-13-26)20(28)18-15-23-27(17-7-5-6-16(22)14-17)19(18)24-8-3-4-9-24/h3-9,14-15H,2,10-13H2,1H3. The maximum atomic E-state index is 13.8. The van der Waals surface area contributed by atoms with Crippen LogP contribution in [0.15, 0.2) is 55.0 Å². The van der Waals surface area contributed by atoms with E-state index in [4.69, 9.17) is 4.74 Å². The Labute approximate surface area is 173 Å². The largest absolute Gasteiger partial charge is 0.450 e. The SMILES string of the molecule is CCOC(=O)N1CCN(C(=O)c2cnn(-c3cccc(F)c3)c2-n2cccc2)CC1. The van der Waals surface area contributed by atoms with Crippen molar-refractivity contribution in [1.29, 1.82) is 0 Å². The Balaban J connectivity index is 1.62. The number of carbonyl (C=O) groups is 2. The zero-order valence-corrected chi connectivity index (χ0v) is 16.6. The van der Waals surface area contributed by atoms with Crippen LogP contribution in [0.5, 0.6) is 0 Å². The van der Waals surface area contributed by atoms with E-state index in [0.29, 0.717) is 49.9 Å². The van der Waals surface area contributed by atoms with Gasteiger partial charge in [-0.15, -0.1) is 0 Å². The van der Waals surface area contributed by atoms with Crippen LogP contribution in [0.1, 0.15) is 17.3 Å². The zero-order chi connectivity index (χ0) is 21.1. The van der Waals surface area contributed by atoms with E-state index in [1.54, 1.807) is 38.1 Å². The maximum absolute atomic E-state index is 13.8. The third-order valence-corrected chi connectivity index (χ3v) is 4.97. The van der Waals surface area contributed by atoms with Crippen LogP contribution in [0.2, 0.25) is 0 Å². The Hall–Kier alpha value is -3.62. The fourth-order valence-electron chi connectivity index (χ4n) is 3.49. The molecule has 156 valence electrons. The van der Waals surface area contributed by atoms with Crippen molar-refractivity contribution < 1.29 is 18.7 Å². The van der Waals surface area contributed by atoms with Crippen LogP contribution in [0, 0.1) is 5.82 Å². The molecule has 0 saturated carbocycles. The predicted molar refractivity (Wildman–Crippen MR) is 107 cm³/mol. The van der Waals surface area contributed by atoms with E-state index in [1.807, 2.05) is 24.5 Å². The molecule has 2 aromatic heterocycles. The van der Waals surface area contributed by atoms with Crippen molar-refractivity contribution >= 4 is 12.0 Å². The van der Waals surface area contributed by atoms with Crippen LogP contribution in [0.25, 0.3) is 11.5 Å². The molecular weight excluding hydrogens is 389 g/mol. The van der Waals surface area contributed by atoms with Crippen molar-refractivity contribution in [2.24, 2.45) is 0 Å². The molecule has 1 fully saturated rings. The Morgan fingerprint density at radius 1 is 1.07 bits per heavy atom. The van der Waals surface area contributed by atoms with Gasteiger partial charge in [0.15, 0.2) is 5.82 Å². The lowest BCUT2D eigenvalue weighted by Crippen LogP contribution is -2.50. The molecule has 0 N–H and O–H groups in total. The summed E-state index contributed by atoms with van der Waals surface area (Å²) < 4.78 is 22.1. The average molecular weight is 411 g/mol. The molecule has 0 unspecified atom stereocenters. The highest BCUT2D eigenvalue weighted by atomic mass is 19.1. The first-order chi connectivity index (χ1) is 14.6. The van der Waals surface area contributed by atoms with Gasteiger partial charge in [-0.3, -0.25) is 4.79 Å². The summed E-state index contributed by atoms with van der Waals surface area (Å²) in [7, 11) is 0. The fourth-order valence-corrected chi connectivity index (χ4v) is 3.49. The van der Waals surface area contributed by atoms with Crippen molar-refractivity contribution in [2.45, 2.75) is 6.92 Å². The molecule has 8 nitrogen and oxygen atoms in total. The molecule has 30 heavy (non-hydrogen) atoms. The number of hydrogen-bond acceptors (Lipinski definition) is 4. The number of benzene rings is 1. The lowest BCUT2D eigenvalue weighted by atomic mass is 10.2. The highest BCUT2D eigenvalue weighted by Gasteiger charge is 2.29. The van der Waals surface area contributed by atoms with E-state index in [2.05, 4.69) is 5.10 Å². The van der Waals surface area contributed by atoms with Gasteiger partial charge in [-0.25, -0.2) is 13.9 Å². The third kappa shape index (κ3) is 3.78. The molecule has 3 aromatic rings. The molecule has 1 saturated heterocycles. The number of rotatable bonds is 4. The Morgan fingerprint density at radius 3 is 2.43 bits per heavy atom. The summed E-state index contributed by atoms with van der Waals surface area (Å²) in [6.07, 6.45) is 4.75. The minimum atomic E-state index is -0.385. The number of halogens is 1. The first-order valence-electron chi connectivity index (χ1n) is 9.76. The van der Waals surface area contributed by atoms with Gasteiger partial charge in [0.05, 0.1) is 18.5 Å². The molecule has 0 spiro atoms. The van der Waals surface area contributed by atoms with E-state index in [0.717, 1.165) is 0 Å². The molecule has 0 radical (unpaired) electrons. The van der Waals surface area contributed by atoms with Crippen LogP contribution in [0.3, 0.4) is 0 Å². The quantitative estimate of drug-likeness (QED) is 0.662. The minimum absolute atomic E-state index is 0.190. The number of nitrogens with zero attached hydrogens (tertiary/aromatic N) is 5. The summed E-state index contributed by atoms with van der Waals surface area (Å²) in [4.78, 5) is 28.5. The van der Waals surface area contributed by atoms with E-state index in [9.17, 15) is 14.0 Å². The van der Waals surface area contributed by atoms with E-state index < -0.39 is 0 Å². The second kappa shape index (κ2) is 8.40. The summed E-state index contributed by atoms with van der Waals surface area (Å²) >= 11 is 0. The minimum Gasteiger partial charge on any atom is -0.450 e. The van der Waals surface area contributed by atoms with Gasteiger partial charge in [0.2, 0.25) is 0 Å². The molecule has 0 atom stereocenters. The molecule has 1 aliphatic heterocycles. The molecule has 3 heterocycles. The van der Waals surface area contributed by atoms with E-state index in [-0.39, 0.29) is 17.8 Å². The van der Waals surface area contributed by atoms with Gasteiger partial charge < -0.3 is 19.1 Å². The maximum Gasteiger partial charge on any atom is 0.409 e. The fraction of sp³-hybridized carbons (Fsp3) is 0.286. The highest BCUT2D eigenvalue weighted by Crippen LogP contribution is 2.22. The monoisotopic (exact) mass is 411 g/mol. The number of hydrogen-bond donors (Lipinski definition) is 0. The molecule has 0 aliphatic carbocycles. The first-order valence-corrected chi connectivity index (χ1v) is 9.76. The van der Waals surface area contributed by atoms with E-state index in [1.165, 1.54) is 18.3 Å². The summed E-state index contributed by atoms with van der Waals surface area (Å²) in [5.41, 5.74) is 0.921. The first kappa shape index (κ1) is 19.7. The summed E-state index contributed by atoms with van der Waals surface area (Å²) in [5, 5.41) is 4.36. The molecule has 4 rings (SSSR count). The van der Waals surface area contributed by atoms with Gasteiger partial charge in [0.25, 0.3) is 5.91 Å². The highest BCUT2D eigenvalue weighted by molar-refractivity contribution is 5.97. The number of aromatic nitrogens is 3. The molecular formula is C21H22FN5O3. The van der Waals surface area contributed by atoms with Gasteiger partial charge in [0, 0.05) is 38.6 Å². The number of piperazine rings is 1. The Bertz CT molecular complexity index is 1040. The lowest BCUT2D eigenvalue weighted by Gasteiger charge is -2.34. The van der Waals surface area contributed by atoms with Crippen LogP contribution >= 0.6 is 0 Å². The third-order valence-electron chi connectivity index (χ3n) is 4.97. The molecule has 2 amide bonds. The van der Waals surface area contributed by atoms with Crippen LogP contribution in [0.4, 0.5) is 9.18 Å². The van der Waals surface area contributed by atoms with Crippen LogP contribution in [-0.2, 0) is 4.74 Å². The lowest BCUT2D eigenvalue weighted by molar-refractivity contribution is 0.0570. The van der Waals surface area contributed by atoms with Gasteiger partial charge >= 0.3 is 6.09 Å². The Morgan fingerprint density at radius 2 is 1.77 bits per heavy atom. The Kier molecular flexibility index (Phi) is 5.51. The van der Waals surface area contributed by atoms with Gasteiger partial charge in [-0.05, 0) is 37.3 Å². The van der Waals surface area contributed by atoms with Crippen LogP contribution in [-0.4, -0.2) is 68.9 Å². The topological polar surface area (TPSA) is 72.6 Å². The number of carbonyl (C=O) groups excluding carboxylic acids is 2. The number of amides is 2. The van der Waals surface area contributed by atoms with Crippen molar-refractivity contribution in [3.63, 3.8) is 0 Å². The van der Waals surface area contributed by atoms with Gasteiger partial charge in [-0.1, -0.05) is 6.07 Å². The molecule has 1 aromatic carbocycles. The smallest absolute Gasteiger partial charge is 0.409 e. The summed E-state index contributed by atoms with van der Waals surface area (Å²) in [6, 6.07) is 9.74. The van der Waals surface area contributed by atoms with Crippen LogP contribution < -0.4 is 0 Å². The van der Waals surface area contributed by atoms with Crippen molar-refractivity contribution in [1.82, 2.24) is 24.1 Å². The molecule has 9 heteroatoms. The molecule has 1 aliphatic rings. The normalized spacial score (nSPS) is 14.1. The van der Waals surface area contributed by atoms with Crippen molar-refractivity contribution in [3.8, 4) is 11.5 Å². The summed E-state index contributed by atoms with van der Waals surface area (Å²) in [5.74, 6) is -0.0438. The number of ether oxygens (including phenoxy) is 1. The van der Waals surface area contributed by atoms with Gasteiger partial charge in [0.1, 0.15) is 11.4 Å². The zero-order valence-electron chi connectivity index (χ0n) is 16.6.